The number of nitriles is 1. The molecule has 0 unspecified atom stereocenters. The number of oxazole rings is 2. The SMILES string of the molecule is CC(=N)[C@@H]1CCCN1c1oc(CCCc2ccccn2)nc1C.N#C[C@@H]1CCCN1c1oc(CCCc2ccccc2)nc1-c1ccccc1. The number of hydrogen-bond donors (Lipinski definition) is 1. The van der Waals surface area contributed by atoms with Crippen molar-refractivity contribution in [2.75, 3.05) is 22.9 Å². The summed E-state index contributed by atoms with van der Waals surface area (Å²) in [5.74, 6) is 3.15. The van der Waals surface area contributed by atoms with Gasteiger partial charge in [0.2, 0.25) is 11.8 Å². The summed E-state index contributed by atoms with van der Waals surface area (Å²) in [4.78, 5) is 18.0. The number of aromatic nitrogens is 3. The highest BCUT2D eigenvalue weighted by molar-refractivity contribution is 5.87. The lowest BCUT2D eigenvalue weighted by molar-refractivity contribution is 0.480. The van der Waals surface area contributed by atoms with Crippen LogP contribution in [-0.4, -0.2) is 45.8 Å². The van der Waals surface area contributed by atoms with Crippen molar-refractivity contribution < 1.29 is 8.83 Å². The van der Waals surface area contributed by atoms with Crippen molar-refractivity contribution in [3.63, 3.8) is 0 Å². The fourth-order valence-corrected chi connectivity index (χ4v) is 6.92. The van der Waals surface area contributed by atoms with Crippen LogP contribution in [0.5, 0.6) is 0 Å². The second-order valence-electron chi connectivity index (χ2n) is 13.2. The molecule has 2 aliphatic heterocycles. The molecule has 258 valence electrons. The van der Waals surface area contributed by atoms with E-state index in [4.69, 9.17) is 19.2 Å². The summed E-state index contributed by atoms with van der Waals surface area (Å²) in [7, 11) is 0. The zero-order valence-corrected chi connectivity index (χ0v) is 29.2. The predicted molar refractivity (Wildman–Crippen MR) is 198 cm³/mol. The van der Waals surface area contributed by atoms with Gasteiger partial charge in [0.15, 0.2) is 11.8 Å². The Morgan fingerprint density at radius 2 is 1.46 bits per heavy atom. The van der Waals surface area contributed by atoms with Crippen LogP contribution in [0.1, 0.15) is 74.2 Å². The molecule has 0 saturated carbocycles. The third kappa shape index (κ3) is 8.67. The number of benzene rings is 2. The van der Waals surface area contributed by atoms with E-state index in [0.717, 1.165) is 123 Å². The number of rotatable bonds is 12. The van der Waals surface area contributed by atoms with Gasteiger partial charge in [0, 0.05) is 49.1 Å². The van der Waals surface area contributed by atoms with Gasteiger partial charge in [-0.1, -0.05) is 66.7 Å². The Kier molecular flexibility index (Phi) is 11.7. The van der Waals surface area contributed by atoms with Crippen molar-refractivity contribution in [2.24, 2.45) is 0 Å². The maximum absolute atomic E-state index is 9.48. The van der Waals surface area contributed by atoms with Crippen molar-refractivity contribution in [1.82, 2.24) is 15.0 Å². The summed E-state index contributed by atoms with van der Waals surface area (Å²) in [6.45, 7) is 5.67. The van der Waals surface area contributed by atoms with Gasteiger partial charge in [-0.25, -0.2) is 9.97 Å². The van der Waals surface area contributed by atoms with E-state index in [2.05, 4.69) is 50.1 Å². The van der Waals surface area contributed by atoms with Gasteiger partial charge in [0.05, 0.1) is 12.1 Å². The molecule has 0 amide bonds. The molecular formula is C41H47N7O2. The normalized spacial score (nSPS) is 17.0. The van der Waals surface area contributed by atoms with E-state index >= 15 is 0 Å². The number of hydrogen-bond acceptors (Lipinski definition) is 9. The van der Waals surface area contributed by atoms with Gasteiger partial charge in [-0.2, -0.15) is 5.26 Å². The van der Waals surface area contributed by atoms with Gasteiger partial charge < -0.3 is 24.0 Å². The lowest BCUT2D eigenvalue weighted by atomic mass is 10.1. The van der Waals surface area contributed by atoms with Gasteiger partial charge in [0.1, 0.15) is 17.4 Å². The molecule has 9 nitrogen and oxygen atoms in total. The quantitative estimate of drug-likeness (QED) is 0.131. The zero-order valence-electron chi connectivity index (χ0n) is 29.2. The summed E-state index contributed by atoms with van der Waals surface area (Å²) in [5, 5.41) is 17.4. The molecule has 1 N–H and O–H groups in total. The van der Waals surface area contributed by atoms with Crippen LogP contribution in [0.4, 0.5) is 11.8 Å². The first kappa shape index (κ1) is 34.6. The highest BCUT2D eigenvalue weighted by atomic mass is 16.4. The van der Waals surface area contributed by atoms with Gasteiger partial charge in [-0.3, -0.25) is 4.98 Å². The second-order valence-corrected chi connectivity index (χ2v) is 13.2. The molecule has 3 aromatic heterocycles. The molecule has 2 saturated heterocycles. The van der Waals surface area contributed by atoms with E-state index in [0.29, 0.717) is 5.71 Å². The molecule has 2 aliphatic rings. The number of nitrogens with zero attached hydrogens (tertiary/aromatic N) is 6. The minimum Gasteiger partial charge on any atom is -0.425 e. The summed E-state index contributed by atoms with van der Waals surface area (Å²) in [6.07, 6.45) is 11.4. The average Bonchev–Trinajstić information content (AvgIpc) is 3.96. The van der Waals surface area contributed by atoms with Crippen molar-refractivity contribution in [3.05, 3.63) is 114 Å². The Bertz CT molecular complexity index is 1850. The van der Waals surface area contributed by atoms with Crippen LogP contribution in [0.2, 0.25) is 0 Å². The van der Waals surface area contributed by atoms with E-state index in [9.17, 15) is 5.26 Å². The van der Waals surface area contributed by atoms with E-state index in [1.165, 1.54) is 5.56 Å². The van der Waals surface area contributed by atoms with Gasteiger partial charge in [0.25, 0.3) is 0 Å². The minimum atomic E-state index is -0.127. The Hall–Kier alpha value is -5.23. The molecule has 2 atom stereocenters. The van der Waals surface area contributed by atoms with Crippen molar-refractivity contribution in [3.8, 4) is 17.3 Å². The molecule has 0 aliphatic carbocycles. The number of anilines is 2. The third-order valence-corrected chi connectivity index (χ3v) is 9.44. The molecule has 2 fully saturated rings. The zero-order chi connectivity index (χ0) is 34.7. The van der Waals surface area contributed by atoms with Crippen molar-refractivity contribution in [2.45, 2.75) is 90.1 Å². The summed E-state index contributed by atoms with van der Waals surface area (Å²) in [5.41, 5.74) is 5.97. The maximum atomic E-state index is 9.48. The summed E-state index contributed by atoms with van der Waals surface area (Å²) < 4.78 is 12.2. The highest BCUT2D eigenvalue weighted by Crippen LogP contribution is 2.36. The molecule has 9 heteroatoms. The molecular weight excluding hydrogens is 622 g/mol. The van der Waals surface area contributed by atoms with Crippen LogP contribution >= 0.6 is 0 Å². The van der Waals surface area contributed by atoms with Crippen LogP contribution < -0.4 is 9.80 Å². The monoisotopic (exact) mass is 669 g/mol. The van der Waals surface area contributed by atoms with Crippen LogP contribution in [0.25, 0.3) is 11.3 Å². The predicted octanol–water partition coefficient (Wildman–Crippen LogP) is 8.57. The Morgan fingerprint density at radius 3 is 2.18 bits per heavy atom. The lowest BCUT2D eigenvalue weighted by Gasteiger charge is -2.23. The van der Waals surface area contributed by atoms with E-state index < -0.39 is 0 Å². The largest absolute Gasteiger partial charge is 0.425 e. The molecule has 2 aromatic carbocycles. The first-order valence-electron chi connectivity index (χ1n) is 17.9. The topological polar surface area (TPSA) is 119 Å². The lowest BCUT2D eigenvalue weighted by Crippen LogP contribution is -2.34. The maximum Gasteiger partial charge on any atom is 0.225 e. The number of aryl methyl sites for hydroxylation is 5. The first-order chi connectivity index (χ1) is 24.5. The third-order valence-electron chi connectivity index (χ3n) is 9.44. The molecule has 5 heterocycles. The van der Waals surface area contributed by atoms with Gasteiger partial charge in [-0.15, -0.1) is 0 Å². The fraction of sp³-hybridized carbons (Fsp3) is 0.390. The molecule has 0 radical (unpaired) electrons. The number of pyridine rings is 1. The minimum absolute atomic E-state index is 0.127. The standard InChI is InChI=1S/C23H23N3O.C18H24N4O/c24-17-20-14-8-16-26(20)23-22(19-12-5-2-6-13-19)25-21(27-23)15-7-11-18-9-3-1-4-10-18;1-13(19)16-9-6-12-22(16)18-14(2)21-17(23-18)10-5-8-15-7-3-4-11-20-15/h1-6,9-10,12-13,20H,7-8,11,14-16H2;3-4,7,11,16,19H,5-6,8-10,12H2,1-2H3/t20-;16-/m00/s1. The van der Waals surface area contributed by atoms with Crippen molar-refractivity contribution >= 4 is 17.5 Å². The van der Waals surface area contributed by atoms with Crippen LogP contribution in [-0.2, 0) is 25.7 Å². The molecule has 7 rings (SSSR count). The molecule has 0 bridgehead atoms. The second kappa shape index (κ2) is 16.9. The molecule has 5 aromatic rings. The smallest absolute Gasteiger partial charge is 0.225 e. The van der Waals surface area contributed by atoms with E-state index in [-0.39, 0.29) is 12.1 Å². The van der Waals surface area contributed by atoms with Gasteiger partial charge >= 0.3 is 0 Å². The van der Waals surface area contributed by atoms with Crippen LogP contribution in [0.15, 0.2) is 93.9 Å². The fourth-order valence-electron chi connectivity index (χ4n) is 6.92. The Labute approximate surface area is 295 Å². The highest BCUT2D eigenvalue weighted by Gasteiger charge is 2.31. The van der Waals surface area contributed by atoms with Crippen molar-refractivity contribution in [1.29, 1.82) is 10.7 Å². The first-order valence-corrected chi connectivity index (χ1v) is 17.9. The average molecular weight is 670 g/mol. The van der Waals surface area contributed by atoms with Gasteiger partial charge in [-0.05, 0) is 82.9 Å². The number of nitrogens with one attached hydrogen (secondary N) is 1. The molecule has 0 spiro atoms. The van der Waals surface area contributed by atoms with Crippen LogP contribution in [0, 0.1) is 23.7 Å². The molecule has 50 heavy (non-hydrogen) atoms. The summed E-state index contributed by atoms with van der Waals surface area (Å²) >= 11 is 0. The Balaban J connectivity index is 0.000000175. The van der Waals surface area contributed by atoms with Crippen LogP contribution in [0.3, 0.4) is 0 Å². The Morgan fingerprint density at radius 1 is 0.800 bits per heavy atom. The van der Waals surface area contributed by atoms with E-state index in [1.807, 2.05) is 74.6 Å². The van der Waals surface area contributed by atoms with E-state index in [1.54, 1.807) is 0 Å². The summed E-state index contributed by atoms with van der Waals surface area (Å²) in [6, 6.07) is 29.0.